The first-order chi connectivity index (χ1) is 8.45. The lowest BCUT2D eigenvalue weighted by atomic mass is 10.3. The van der Waals surface area contributed by atoms with Gasteiger partial charge in [0.15, 0.2) is 0 Å². The van der Waals surface area contributed by atoms with Crippen molar-refractivity contribution in [1.82, 2.24) is 4.31 Å². The lowest BCUT2D eigenvalue weighted by Crippen LogP contribution is -2.35. The van der Waals surface area contributed by atoms with Gasteiger partial charge in [-0.1, -0.05) is 13.0 Å². The second-order valence-corrected chi connectivity index (χ2v) is 5.66. The molecule has 1 aromatic rings. The van der Waals surface area contributed by atoms with Crippen molar-refractivity contribution >= 4 is 15.7 Å². The van der Waals surface area contributed by atoms with E-state index in [1.165, 1.54) is 12.1 Å². The molecule has 0 atom stereocenters. The van der Waals surface area contributed by atoms with Gasteiger partial charge >= 0.3 is 0 Å². The Morgan fingerprint density at radius 3 is 2.56 bits per heavy atom. The van der Waals surface area contributed by atoms with E-state index in [0.717, 1.165) is 10.4 Å². The van der Waals surface area contributed by atoms with Crippen molar-refractivity contribution in [3.8, 4) is 0 Å². The van der Waals surface area contributed by atoms with E-state index in [2.05, 4.69) is 0 Å². The first-order valence-electron chi connectivity index (χ1n) is 5.60. The summed E-state index contributed by atoms with van der Waals surface area (Å²) in [6.45, 7) is 1.60. The number of aliphatic hydroxyl groups excluding tert-OH is 1. The van der Waals surface area contributed by atoms with E-state index in [1.54, 1.807) is 6.92 Å². The Kier molecular flexibility index (Phi) is 5.06. The smallest absolute Gasteiger partial charge is 0.248 e. The minimum Gasteiger partial charge on any atom is -0.398 e. The van der Waals surface area contributed by atoms with E-state index in [-0.39, 0.29) is 25.4 Å². The molecule has 1 rings (SSSR count). The molecule has 7 heteroatoms. The van der Waals surface area contributed by atoms with E-state index >= 15 is 0 Å². The van der Waals surface area contributed by atoms with Crippen LogP contribution >= 0.6 is 0 Å². The van der Waals surface area contributed by atoms with Crippen molar-refractivity contribution in [2.24, 2.45) is 0 Å². The average Bonchev–Trinajstić information content (AvgIpc) is 2.28. The molecule has 0 radical (unpaired) electrons. The Bertz CT molecular complexity index is 479. The quantitative estimate of drug-likeness (QED) is 0.753. The number of nitrogens with zero attached hydrogens (tertiary/aromatic N) is 1. The highest BCUT2D eigenvalue weighted by atomic mass is 32.2. The van der Waals surface area contributed by atoms with Gasteiger partial charge in [-0.15, -0.1) is 0 Å². The maximum atomic E-state index is 13.6. The Balaban J connectivity index is 3.26. The lowest BCUT2D eigenvalue weighted by molar-refractivity contribution is 0.253. The van der Waals surface area contributed by atoms with Gasteiger partial charge in [0.25, 0.3) is 0 Å². The molecule has 0 fully saturated rings. The van der Waals surface area contributed by atoms with Gasteiger partial charge in [0, 0.05) is 13.1 Å². The fourth-order valence-corrected chi connectivity index (χ4v) is 3.32. The number of benzene rings is 1. The SMILES string of the molecule is CCCN(CCO)S(=O)(=O)c1c(N)cccc1F. The predicted octanol–water partition coefficient (Wildman–Crippen LogP) is 0.801. The van der Waals surface area contributed by atoms with Crippen LogP contribution in [0.2, 0.25) is 0 Å². The third kappa shape index (κ3) is 2.98. The molecular formula is C11H17FN2O3S. The van der Waals surface area contributed by atoms with Crippen LogP contribution in [-0.4, -0.2) is 37.5 Å². The van der Waals surface area contributed by atoms with E-state index in [9.17, 15) is 12.8 Å². The summed E-state index contributed by atoms with van der Waals surface area (Å²) in [5, 5.41) is 8.88. The number of nitrogen functional groups attached to an aromatic ring is 1. The van der Waals surface area contributed by atoms with Crippen molar-refractivity contribution in [2.75, 3.05) is 25.4 Å². The number of hydrogen-bond acceptors (Lipinski definition) is 4. The number of halogens is 1. The molecule has 0 aromatic heterocycles. The summed E-state index contributed by atoms with van der Waals surface area (Å²) >= 11 is 0. The van der Waals surface area contributed by atoms with Crippen LogP contribution in [0.3, 0.4) is 0 Å². The number of hydrogen-bond donors (Lipinski definition) is 2. The molecule has 0 aliphatic carbocycles. The molecule has 0 spiro atoms. The molecule has 0 heterocycles. The largest absolute Gasteiger partial charge is 0.398 e. The molecule has 0 bridgehead atoms. The zero-order valence-electron chi connectivity index (χ0n) is 10.1. The van der Waals surface area contributed by atoms with Crippen LogP contribution in [0.1, 0.15) is 13.3 Å². The molecule has 0 saturated carbocycles. The van der Waals surface area contributed by atoms with Crippen LogP contribution in [0.4, 0.5) is 10.1 Å². The molecule has 3 N–H and O–H groups in total. The monoisotopic (exact) mass is 276 g/mol. The van der Waals surface area contributed by atoms with Crippen LogP contribution in [0.25, 0.3) is 0 Å². The number of aliphatic hydroxyl groups is 1. The number of rotatable bonds is 6. The van der Waals surface area contributed by atoms with Crippen LogP contribution in [0.5, 0.6) is 0 Å². The van der Waals surface area contributed by atoms with Gasteiger partial charge in [-0.05, 0) is 18.6 Å². The fourth-order valence-electron chi connectivity index (χ4n) is 1.64. The zero-order chi connectivity index (χ0) is 13.8. The van der Waals surface area contributed by atoms with Crippen molar-refractivity contribution in [1.29, 1.82) is 0 Å². The standard InChI is InChI=1S/C11H17FN2O3S/c1-2-6-14(7-8-15)18(16,17)11-9(12)4-3-5-10(11)13/h3-5,15H,2,6-8,13H2,1H3. The van der Waals surface area contributed by atoms with Crippen molar-refractivity contribution in [3.05, 3.63) is 24.0 Å². The van der Waals surface area contributed by atoms with Crippen LogP contribution in [0, 0.1) is 5.82 Å². The topological polar surface area (TPSA) is 83.6 Å². The minimum absolute atomic E-state index is 0.0794. The Morgan fingerprint density at radius 2 is 2.06 bits per heavy atom. The molecule has 0 aliphatic heterocycles. The molecule has 5 nitrogen and oxygen atoms in total. The maximum absolute atomic E-state index is 13.6. The lowest BCUT2D eigenvalue weighted by Gasteiger charge is -2.21. The summed E-state index contributed by atoms with van der Waals surface area (Å²) < 4.78 is 39.2. The summed E-state index contributed by atoms with van der Waals surface area (Å²) in [4.78, 5) is -0.521. The number of sulfonamides is 1. The van der Waals surface area contributed by atoms with Crippen molar-refractivity contribution in [3.63, 3.8) is 0 Å². The Hall–Kier alpha value is -1.18. The third-order valence-corrected chi connectivity index (χ3v) is 4.41. The zero-order valence-corrected chi connectivity index (χ0v) is 11.0. The van der Waals surface area contributed by atoms with Gasteiger partial charge in [-0.2, -0.15) is 4.31 Å². The van der Waals surface area contributed by atoms with E-state index in [1.807, 2.05) is 0 Å². The van der Waals surface area contributed by atoms with E-state index in [4.69, 9.17) is 10.8 Å². The molecule has 0 amide bonds. The summed E-state index contributed by atoms with van der Waals surface area (Å²) in [5.74, 6) is -0.881. The van der Waals surface area contributed by atoms with E-state index in [0.29, 0.717) is 6.42 Å². The Morgan fingerprint density at radius 1 is 1.39 bits per heavy atom. The van der Waals surface area contributed by atoms with Gasteiger partial charge in [-0.25, -0.2) is 12.8 Å². The molecule has 18 heavy (non-hydrogen) atoms. The first-order valence-corrected chi connectivity index (χ1v) is 7.04. The second kappa shape index (κ2) is 6.12. The van der Waals surface area contributed by atoms with Crippen LogP contribution < -0.4 is 5.73 Å². The highest BCUT2D eigenvalue weighted by molar-refractivity contribution is 7.89. The second-order valence-electron chi connectivity index (χ2n) is 3.79. The van der Waals surface area contributed by atoms with E-state index < -0.39 is 20.7 Å². The number of anilines is 1. The predicted molar refractivity (Wildman–Crippen MR) is 66.9 cm³/mol. The normalized spacial score (nSPS) is 12.0. The summed E-state index contributed by atoms with van der Waals surface area (Å²) in [6.07, 6.45) is 0.563. The van der Waals surface area contributed by atoms with Gasteiger partial charge in [0.1, 0.15) is 10.7 Å². The summed E-state index contributed by atoms with van der Waals surface area (Å²) in [6, 6.07) is 3.73. The van der Waals surface area contributed by atoms with Crippen molar-refractivity contribution in [2.45, 2.75) is 18.2 Å². The number of nitrogens with two attached hydrogens (primary N) is 1. The van der Waals surface area contributed by atoms with Gasteiger partial charge in [0.05, 0.1) is 12.3 Å². The molecule has 0 saturated heterocycles. The third-order valence-electron chi connectivity index (χ3n) is 2.42. The summed E-state index contributed by atoms with van der Waals surface area (Å²) in [5.41, 5.74) is 5.40. The van der Waals surface area contributed by atoms with Crippen LogP contribution in [0.15, 0.2) is 23.1 Å². The Labute approximate surface area is 106 Å². The fraction of sp³-hybridized carbons (Fsp3) is 0.455. The highest BCUT2D eigenvalue weighted by Gasteiger charge is 2.28. The first kappa shape index (κ1) is 14.9. The summed E-state index contributed by atoms with van der Waals surface area (Å²) in [7, 11) is -4.01. The highest BCUT2D eigenvalue weighted by Crippen LogP contribution is 2.25. The van der Waals surface area contributed by atoms with Crippen LogP contribution in [-0.2, 0) is 10.0 Å². The molecule has 0 unspecified atom stereocenters. The molecular weight excluding hydrogens is 259 g/mol. The minimum atomic E-state index is -4.01. The average molecular weight is 276 g/mol. The van der Waals surface area contributed by atoms with Gasteiger partial charge < -0.3 is 10.8 Å². The van der Waals surface area contributed by atoms with Gasteiger partial charge in [-0.3, -0.25) is 0 Å². The molecule has 102 valence electrons. The van der Waals surface area contributed by atoms with Crippen molar-refractivity contribution < 1.29 is 17.9 Å². The van der Waals surface area contributed by atoms with Gasteiger partial charge in [0.2, 0.25) is 10.0 Å². The molecule has 0 aliphatic rings. The molecule has 1 aromatic carbocycles. The maximum Gasteiger partial charge on any atom is 0.248 e.